The van der Waals surface area contributed by atoms with E-state index in [1.807, 2.05) is 67.3 Å². The summed E-state index contributed by atoms with van der Waals surface area (Å²) in [6.45, 7) is 3.99. The maximum absolute atomic E-state index is 12.6. The molecule has 2 unspecified atom stereocenters. The molecule has 7 heteroatoms. The summed E-state index contributed by atoms with van der Waals surface area (Å²) in [5.74, 6) is 0.0213. The number of benzene rings is 2. The summed E-state index contributed by atoms with van der Waals surface area (Å²) in [6, 6.07) is 15.6. The molecule has 2 aromatic rings. The number of amides is 1. The molecule has 0 aliphatic carbocycles. The van der Waals surface area contributed by atoms with Crippen molar-refractivity contribution in [2.75, 3.05) is 16.4 Å². The van der Waals surface area contributed by atoms with E-state index >= 15 is 0 Å². The molecule has 2 atom stereocenters. The maximum atomic E-state index is 12.6. The van der Waals surface area contributed by atoms with E-state index < -0.39 is 9.84 Å². The van der Waals surface area contributed by atoms with Crippen molar-refractivity contribution in [3.8, 4) is 0 Å². The van der Waals surface area contributed by atoms with Crippen molar-refractivity contribution in [2.24, 2.45) is 4.99 Å². The zero-order chi connectivity index (χ0) is 19.9. The number of hydrogen-bond acceptors (Lipinski definition) is 4. The molecule has 2 fully saturated rings. The number of sulfone groups is 1. The number of hydrogen-bond donors (Lipinski definition) is 0. The van der Waals surface area contributed by atoms with E-state index in [4.69, 9.17) is 0 Å². The van der Waals surface area contributed by atoms with Crippen LogP contribution in [0.1, 0.15) is 16.7 Å². The van der Waals surface area contributed by atoms with Gasteiger partial charge in [-0.3, -0.25) is 4.79 Å². The molecule has 0 aromatic heterocycles. The number of rotatable bonds is 3. The molecule has 0 bridgehead atoms. The van der Waals surface area contributed by atoms with Crippen molar-refractivity contribution < 1.29 is 13.2 Å². The molecule has 2 saturated heterocycles. The van der Waals surface area contributed by atoms with E-state index in [-0.39, 0.29) is 35.1 Å². The van der Waals surface area contributed by atoms with Crippen molar-refractivity contribution >= 4 is 38.4 Å². The second-order valence-corrected chi connectivity index (χ2v) is 10.8. The highest BCUT2D eigenvalue weighted by Gasteiger charge is 2.49. The number of carbonyl (C=O) groups excluding carboxylic acids is 1. The van der Waals surface area contributed by atoms with Gasteiger partial charge in [0.25, 0.3) is 5.91 Å². The van der Waals surface area contributed by atoms with Gasteiger partial charge in [0.15, 0.2) is 15.0 Å². The normalized spacial score (nSPS) is 24.5. The predicted molar refractivity (Wildman–Crippen MR) is 115 cm³/mol. The molecule has 146 valence electrons. The first kappa shape index (κ1) is 19.2. The summed E-state index contributed by atoms with van der Waals surface area (Å²) in [7, 11) is -3.06. The van der Waals surface area contributed by atoms with Crippen LogP contribution in [-0.4, -0.2) is 42.3 Å². The first-order valence-corrected chi connectivity index (χ1v) is 11.9. The molecular weight excluding hydrogens is 392 g/mol. The Labute approximate surface area is 169 Å². The Balaban J connectivity index is 1.65. The van der Waals surface area contributed by atoms with Gasteiger partial charge in [-0.15, -0.1) is 0 Å². The third-order valence-electron chi connectivity index (χ3n) is 5.00. The monoisotopic (exact) mass is 414 g/mol. The van der Waals surface area contributed by atoms with Crippen LogP contribution in [0.3, 0.4) is 0 Å². The molecule has 0 spiro atoms. The van der Waals surface area contributed by atoms with Crippen LogP contribution in [0, 0.1) is 13.8 Å². The number of nitrogens with zero attached hydrogens (tertiary/aromatic N) is 2. The van der Waals surface area contributed by atoms with Gasteiger partial charge in [0.1, 0.15) is 0 Å². The van der Waals surface area contributed by atoms with Gasteiger partial charge in [0, 0.05) is 10.9 Å². The average Bonchev–Trinajstić information content (AvgIpc) is 3.05. The highest BCUT2D eigenvalue weighted by Crippen LogP contribution is 2.41. The summed E-state index contributed by atoms with van der Waals surface area (Å²) < 4.78 is 24.3. The minimum atomic E-state index is -3.06. The molecule has 4 rings (SSSR count). The maximum Gasteiger partial charge on any atom is 0.252 e. The number of thioether (sulfide) groups is 1. The number of aliphatic imine (C=N–C) groups is 1. The Kier molecular flexibility index (Phi) is 5.05. The Morgan fingerprint density at radius 3 is 2.54 bits per heavy atom. The second kappa shape index (κ2) is 7.37. The molecule has 0 saturated carbocycles. The Morgan fingerprint density at radius 1 is 1.11 bits per heavy atom. The third kappa shape index (κ3) is 4.00. The predicted octanol–water partition coefficient (Wildman–Crippen LogP) is 3.15. The molecular formula is C21H22N2O3S2. The van der Waals surface area contributed by atoms with Crippen LogP contribution in [0.4, 0.5) is 5.69 Å². The summed E-state index contributed by atoms with van der Waals surface area (Å²) in [5, 5.41) is 0.518. The second-order valence-electron chi connectivity index (χ2n) is 7.46. The van der Waals surface area contributed by atoms with Crippen LogP contribution in [0.2, 0.25) is 0 Å². The van der Waals surface area contributed by atoms with Crippen LogP contribution in [-0.2, 0) is 21.1 Å². The van der Waals surface area contributed by atoms with E-state index in [0.717, 1.165) is 22.4 Å². The van der Waals surface area contributed by atoms with E-state index in [0.29, 0.717) is 5.17 Å². The quantitative estimate of drug-likeness (QED) is 0.772. The third-order valence-corrected chi connectivity index (χ3v) is 8.21. The summed E-state index contributed by atoms with van der Waals surface area (Å²) in [4.78, 5) is 19.0. The fourth-order valence-corrected chi connectivity index (χ4v) is 7.72. The molecule has 0 N–H and O–H groups in total. The highest BCUT2D eigenvalue weighted by molar-refractivity contribution is 8.16. The first-order chi connectivity index (χ1) is 13.3. The van der Waals surface area contributed by atoms with E-state index in [1.54, 1.807) is 0 Å². The van der Waals surface area contributed by atoms with Crippen LogP contribution in [0.15, 0.2) is 53.5 Å². The Bertz CT molecular complexity index is 1060. The molecule has 2 aliphatic heterocycles. The van der Waals surface area contributed by atoms with E-state index in [1.165, 1.54) is 11.8 Å². The molecule has 2 aliphatic rings. The molecule has 2 aromatic carbocycles. The molecule has 2 heterocycles. The highest BCUT2D eigenvalue weighted by atomic mass is 32.2. The van der Waals surface area contributed by atoms with Gasteiger partial charge in [-0.05, 0) is 37.1 Å². The van der Waals surface area contributed by atoms with Gasteiger partial charge in [0.05, 0.1) is 24.0 Å². The minimum Gasteiger partial charge on any atom is -0.316 e. The number of amidine groups is 1. The van der Waals surface area contributed by atoms with E-state index in [2.05, 4.69) is 4.99 Å². The van der Waals surface area contributed by atoms with Gasteiger partial charge in [0.2, 0.25) is 0 Å². The lowest BCUT2D eigenvalue weighted by atomic mass is 10.1. The van der Waals surface area contributed by atoms with Gasteiger partial charge in [-0.2, -0.15) is 4.99 Å². The number of fused-ring (bicyclic) bond motifs is 1. The van der Waals surface area contributed by atoms with Gasteiger partial charge in [-0.1, -0.05) is 53.7 Å². The number of anilines is 1. The van der Waals surface area contributed by atoms with Gasteiger partial charge >= 0.3 is 0 Å². The summed E-state index contributed by atoms with van der Waals surface area (Å²) >= 11 is 1.41. The van der Waals surface area contributed by atoms with Crippen LogP contribution in [0.5, 0.6) is 0 Å². The smallest absolute Gasteiger partial charge is 0.252 e. The fourth-order valence-electron chi connectivity index (χ4n) is 3.79. The lowest BCUT2D eigenvalue weighted by Crippen LogP contribution is -2.37. The molecule has 28 heavy (non-hydrogen) atoms. The average molecular weight is 415 g/mol. The van der Waals surface area contributed by atoms with Crippen LogP contribution in [0.25, 0.3) is 0 Å². The Hall–Kier alpha value is -2.12. The van der Waals surface area contributed by atoms with E-state index in [9.17, 15) is 13.2 Å². The van der Waals surface area contributed by atoms with Crippen molar-refractivity contribution in [2.45, 2.75) is 31.6 Å². The van der Waals surface area contributed by atoms with Crippen molar-refractivity contribution in [3.05, 3.63) is 65.2 Å². The van der Waals surface area contributed by atoms with Crippen LogP contribution < -0.4 is 4.90 Å². The lowest BCUT2D eigenvalue weighted by Gasteiger charge is -2.24. The van der Waals surface area contributed by atoms with Gasteiger partial charge < -0.3 is 4.90 Å². The van der Waals surface area contributed by atoms with Crippen LogP contribution >= 0.6 is 11.8 Å². The van der Waals surface area contributed by atoms with Crippen molar-refractivity contribution in [3.63, 3.8) is 0 Å². The Morgan fingerprint density at radius 2 is 1.82 bits per heavy atom. The summed E-state index contributed by atoms with van der Waals surface area (Å²) in [5.41, 5.74) is 4.01. The fraction of sp³-hybridized carbons (Fsp3) is 0.333. The number of carbonyl (C=O) groups is 1. The standard InChI is InChI=1S/C21H22N2O3S2/c1-14-5-3-7-16(9-14)11-20(24)22-21-23(17-8-4-6-15(2)10-17)18-12-28(25,26)13-19(18)27-21/h3-10,18-19H,11-13H2,1-2H3. The SMILES string of the molecule is Cc1cccc(CC(=O)N=C2SC3CS(=O)(=O)CC3N2c2cccc(C)c2)c1. The zero-order valence-electron chi connectivity index (χ0n) is 15.8. The summed E-state index contributed by atoms with van der Waals surface area (Å²) in [6.07, 6.45) is 0.237. The van der Waals surface area contributed by atoms with Crippen molar-refractivity contribution in [1.29, 1.82) is 0 Å². The molecule has 0 radical (unpaired) electrons. The largest absolute Gasteiger partial charge is 0.316 e. The minimum absolute atomic E-state index is 0.0870. The van der Waals surface area contributed by atoms with Crippen molar-refractivity contribution in [1.82, 2.24) is 0 Å². The molecule has 1 amide bonds. The lowest BCUT2D eigenvalue weighted by molar-refractivity contribution is -0.117. The number of aryl methyl sites for hydroxylation is 2. The first-order valence-electron chi connectivity index (χ1n) is 9.21. The van der Waals surface area contributed by atoms with Gasteiger partial charge in [-0.25, -0.2) is 8.42 Å². The topological polar surface area (TPSA) is 66.8 Å². The zero-order valence-corrected chi connectivity index (χ0v) is 17.5. The molecule has 5 nitrogen and oxygen atoms in total.